The average molecular weight is 407 g/mol. The third-order valence-corrected chi connectivity index (χ3v) is 5.29. The van der Waals surface area contributed by atoms with Crippen molar-refractivity contribution in [2.24, 2.45) is 4.99 Å². The van der Waals surface area contributed by atoms with E-state index in [1.807, 2.05) is 59.0 Å². The molecule has 2 unspecified atom stereocenters. The van der Waals surface area contributed by atoms with Gasteiger partial charge in [0, 0.05) is 25.1 Å². The molecule has 2 aromatic carbocycles. The second-order valence-electron chi connectivity index (χ2n) is 5.36. The van der Waals surface area contributed by atoms with Crippen LogP contribution < -0.4 is 0 Å². The number of benzene rings is 2. The Kier molecular flexibility index (Phi) is 4.38. The van der Waals surface area contributed by atoms with Gasteiger partial charge in [-0.15, -0.1) is 0 Å². The largest absolute Gasteiger partial charge is 0.298 e. The minimum Gasteiger partial charge on any atom is -0.298 e. The summed E-state index contributed by atoms with van der Waals surface area (Å²) in [5.74, 6) is -0.804. The third kappa shape index (κ3) is 2.60. The van der Waals surface area contributed by atoms with Gasteiger partial charge in [0.1, 0.15) is 5.82 Å². The Labute approximate surface area is 142 Å². The topological polar surface area (TPSA) is 29.4 Å². The molecule has 1 saturated carbocycles. The minimum absolute atomic E-state index is 0.107. The maximum absolute atomic E-state index is 13.9. The van der Waals surface area contributed by atoms with Crippen LogP contribution in [0.15, 0.2) is 53.5 Å². The zero-order valence-electron chi connectivity index (χ0n) is 12.1. The van der Waals surface area contributed by atoms with Gasteiger partial charge in [-0.25, -0.2) is 4.39 Å². The Morgan fingerprint density at radius 1 is 1.14 bits per heavy atom. The molecule has 1 fully saturated rings. The molecule has 2 aromatic rings. The van der Waals surface area contributed by atoms with Crippen LogP contribution in [0.3, 0.4) is 0 Å². The highest BCUT2D eigenvalue weighted by atomic mass is 127. The van der Waals surface area contributed by atoms with E-state index < -0.39 is 5.92 Å². The molecule has 4 heteroatoms. The van der Waals surface area contributed by atoms with E-state index in [-0.39, 0.29) is 17.5 Å². The number of nitrogens with zero attached hydrogens (tertiary/aromatic N) is 1. The first-order valence-corrected chi connectivity index (χ1v) is 8.19. The summed E-state index contributed by atoms with van der Waals surface area (Å²) >= 11 is 1.97. The third-order valence-electron chi connectivity index (χ3n) is 4.16. The summed E-state index contributed by atoms with van der Waals surface area (Å²) in [5.41, 5.74) is 2.56. The first-order valence-electron chi connectivity index (χ1n) is 7.11. The van der Waals surface area contributed by atoms with Crippen LogP contribution in [-0.4, -0.2) is 18.5 Å². The Morgan fingerprint density at radius 2 is 1.86 bits per heavy atom. The molecule has 0 N–H and O–H groups in total. The van der Waals surface area contributed by atoms with E-state index >= 15 is 0 Å². The number of rotatable bonds is 2. The molecule has 0 bridgehead atoms. The van der Waals surface area contributed by atoms with Gasteiger partial charge in [0.05, 0.1) is 9.49 Å². The molecule has 0 saturated heterocycles. The van der Waals surface area contributed by atoms with E-state index in [9.17, 15) is 9.18 Å². The highest BCUT2D eigenvalue weighted by molar-refractivity contribution is 14.1. The molecule has 0 spiro atoms. The molecule has 0 heterocycles. The van der Waals surface area contributed by atoms with E-state index in [1.165, 1.54) is 6.07 Å². The second-order valence-corrected chi connectivity index (χ2v) is 6.44. The summed E-state index contributed by atoms with van der Waals surface area (Å²) < 4.78 is 14.4. The van der Waals surface area contributed by atoms with E-state index in [2.05, 4.69) is 4.99 Å². The number of aliphatic imine (C=N–C) groups is 1. The molecule has 1 aliphatic rings. The predicted octanol–water partition coefficient (Wildman–Crippen LogP) is 4.34. The fourth-order valence-electron chi connectivity index (χ4n) is 3.06. The normalized spacial score (nSPS) is 23.2. The lowest BCUT2D eigenvalue weighted by atomic mass is 9.91. The molecule has 0 amide bonds. The quantitative estimate of drug-likeness (QED) is 0.682. The molecule has 1 aliphatic carbocycles. The lowest BCUT2D eigenvalue weighted by Crippen LogP contribution is -2.16. The van der Waals surface area contributed by atoms with E-state index in [0.29, 0.717) is 9.99 Å². The number of hydrogen-bond donors (Lipinski definition) is 0. The van der Waals surface area contributed by atoms with Crippen molar-refractivity contribution in [2.45, 2.75) is 18.3 Å². The van der Waals surface area contributed by atoms with Crippen LogP contribution in [0.25, 0.3) is 0 Å². The molecule has 112 valence electrons. The van der Waals surface area contributed by atoms with Crippen molar-refractivity contribution in [2.75, 3.05) is 7.05 Å². The Bertz CT molecular complexity index is 742. The molecule has 3 rings (SSSR count). The van der Waals surface area contributed by atoms with Crippen LogP contribution in [-0.2, 0) is 4.79 Å². The minimum atomic E-state index is -0.433. The summed E-state index contributed by atoms with van der Waals surface area (Å²) in [6.07, 6.45) is 0.608. The zero-order valence-corrected chi connectivity index (χ0v) is 14.2. The Morgan fingerprint density at radius 3 is 2.55 bits per heavy atom. The highest BCUT2D eigenvalue weighted by Crippen LogP contribution is 2.40. The van der Waals surface area contributed by atoms with E-state index in [0.717, 1.165) is 16.8 Å². The SMILES string of the molecule is CN=C1CC(c2ccccc2)C(=O)C1c1cccc(F)c1I. The number of hydrogen-bond acceptors (Lipinski definition) is 2. The van der Waals surface area contributed by atoms with Gasteiger partial charge in [0.2, 0.25) is 0 Å². The molecule has 2 nitrogen and oxygen atoms in total. The first kappa shape index (κ1) is 15.3. The predicted molar refractivity (Wildman–Crippen MR) is 94.0 cm³/mol. The van der Waals surface area contributed by atoms with Crippen molar-refractivity contribution in [1.29, 1.82) is 0 Å². The number of halogens is 2. The van der Waals surface area contributed by atoms with E-state index in [1.54, 1.807) is 13.1 Å². The van der Waals surface area contributed by atoms with Gasteiger partial charge in [0.25, 0.3) is 0 Å². The van der Waals surface area contributed by atoms with Crippen molar-refractivity contribution >= 4 is 34.1 Å². The van der Waals surface area contributed by atoms with Crippen molar-refractivity contribution in [3.05, 3.63) is 69.0 Å². The van der Waals surface area contributed by atoms with Gasteiger partial charge in [-0.1, -0.05) is 42.5 Å². The molecule has 0 aromatic heterocycles. The van der Waals surface area contributed by atoms with Crippen molar-refractivity contribution in [1.82, 2.24) is 0 Å². The van der Waals surface area contributed by atoms with Crippen LogP contribution in [0.4, 0.5) is 4.39 Å². The lowest BCUT2D eigenvalue weighted by Gasteiger charge is -2.13. The van der Waals surface area contributed by atoms with E-state index in [4.69, 9.17) is 0 Å². The fourth-order valence-corrected chi connectivity index (χ4v) is 3.73. The number of carbonyl (C=O) groups is 1. The van der Waals surface area contributed by atoms with Crippen LogP contribution >= 0.6 is 22.6 Å². The number of ketones is 1. The standard InChI is InChI=1S/C18H15FINO/c1-21-15-10-13(11-6-3-2-4-7-11)18(22)16(15)12-8-5-9-14(19)17(12)20/h2-9,13,16H,10H2,1H3. The Balaban J connectivity index is 2.05. The summed E-state index contributed by atoms with van der Waals surface area (Å²) in [5, 5.41) is 0. The van der Waals surface area contributed by atoms with Gasteiger partial charge < -0.3 is 0 Å². The van der Waals surface area contributed by atoms with Gasteiger partial charge >= 0.3 is 0 Å². The molecular weight excluding hydrogens is 392 g/mol. The summed E-state index contributed by atoms with van der Waals surface area (Å²) in [4.78, 5) is 17.2. The van der Waals surface area contributed by atoms with Gasteiger partial charge in [-0.3, -0.25) is 9.79 Å². The number of Topliss-reactive ketones (excluding diaryl/α,β-unsaturated/α-hetero) is 1. The van der Waals surface area contributed by atoms with Gasteiger partial charge in [-0.2, -0.15) is 0 Å². The first-order chi connectivity index (χ1) is 10.6. The molecule has 0 radical (unpaired) electrons. The lowest BCUT2D eigenvalue weighted by molar-refractivity contribution is -0.119. The second kappa shape index (κ2) is 6.28. The molecule has 22 heavy (non-hydrogen) atoms. The maximum atomic E-state index is 13.9. The average Bonchev–Trinajstić information content (AvgIpc) is 2.87. The smallest absolute Gasteiger partial charge is 0.153 e. The van der Waals surface area contributed by atoms with Crippen LogP contribution in [0, 0.1) is 9.39 Å². The Hall–Kier alpha value is -1.56. The number of carbonyl (C=O) groups excluding carboxylic acids is 1. The highest BCUT2D eigenvalue weighted by Gasteiger charge is 2.41. The van der Waals surface area contributed by atoms with Crippen LogP contribution in [0.1, 0.15) is 29.4 Å². The summed E-state index contributed by atoms with van der Waals surface area (Å²) in [6.45, 7) is 0. The van der Waals surface area contributed by atoms with Crippen molar-refractivity contribution in [3.8, 4) is 0 Å². The molecule has 2 atom stereocenters. The molecular formula is C18H15FINO. The van der Waals surface area contributed by atoms with Crippen molar-refractivity contribution < 1.29 is 9.18 Å². The van der Waals surface area contributed by atoms with Gasteiger partial charge in [-0.05, 0) is 39.8 Å². The van der Waals surface area contributed by atoms with Crippen molar-refractivity contribution in [3.63, 3.8) is 0 Å². The zero-order chi connectivity index (χ0) is 15.7. The fraction of sp³-hybridized carbons (Fsp3) is 0.222. The van der Waals surface area contributed by atoms with Gasteiger partial charge in [0.15, 0.2) is 5.78 Å². The summed E-state index contributed by atoms with van der Waals surface area (Å²) in [6, 6.07) is 14.6. The monoisotopic (exact) mass is 407 g/mol. The van der Waals surface area contributed by atoms with Crippen LogP contribution in [0.2, 0.25) is 0 Å². The molecule has 0 aliphatic heterocycles. The maximum Gasteiger partial charge on any atom is 0.153 e. The summed E-state index contributed by atoms with van der Waals surface area (Å²) in [7, 11) is 1.70. The van der Waals surface area contributed by atoms with Crippen LogP contribution in [0.5, 0.6) is 0 Å².